The third kappa shape index (κ3) is 10.1. The lowest BCUT2D eigenvalue weighted by Gasteiger charge is -2.29. The van der Waals surface area contributed by atoms with Crippen LogP contribution in [0.2, 0.25) is 0 Å². The zero-order valence-corrected chi connectivity index (χ0v) is 22.8. The smallest absolute Gasteiger partial charge is 0.338 e. The molecule has 36 heavy (non-hydrogen) atoms. The van der Waals surface area contributed by atoms with Crippen LogP contribution in [0.5, 0.6) is 0 Å². The van der Waals surface area contributed by atoms with Gasteiger partial charge in [0, 0.05) is 29.4 Å². The van der Waals surface area contributed by atoms with E-state index in [0.717, 1.165) is 11.0 Å². The van der Waals surface area contributed by atoms with Gasteiger partial charge in [-0.25, -0.2) is 9.78 Å². The fourth-order valence-corrected chi connectivity index (χ4v) is 5.20. The average Bonchev–Trinajstić information content (AvgIpc) is 2.69. The highest BCUT2D eigenvalue weighted by Gasteiger charge is 2.24. The van der Waals surface area contributed by atoms with Crippen LogP contribution in [0.1, 0.15) is 10.4 Å². The van der Waals surface area contributed by atoms with Gasteiger partial charge in [-0.15, -0.1) is 10.2 Å². The standard InChI is InChI=1S/C18H20Br2N4O10S2/c19-10-3-15(20)17(21-5-10)23-22-16-2-1-11(4-14(16)18(27)28)24(6-12(25)8-35(29,30)31)7-13(26)9-36(32,33)34/h1-5,12-13,25-26H,6-9H2,(H,27,28)(H,29,30,31)(H,32,33,34). The van der Waals surface area contributed by atoms with Gasteiger partial charge in [-0.2, -0.15) is 16.8 Å². The minimum Gasteiger partial charge on any atom is -0.478 e. The fourth-order valence-electron chi connectivity index (χ4n) is 2.95. The van der Waals surface area contributed by atoms with E-state index >= 15 is 0 Å². The van der Waals surface area contributed by atoms with Gasteiger partial charge in [0.2, 0.25) is 0 Å². The number of hydrogen-bond donors (Lipinski definition) is 5. The van der Waals surface area contributed by atoms with Gasteiger partial charge in [0.15, 0.2) is 5.82 Å². The second-order valence-corrected chi connectivity index (χ2v) is 12.1. The third-order valence-electron chi connectivity index (χ3n) is 4.28. The molecule has 1 heterocycles. The predicted octanol–water partition coefficient (Wildman–Crippen LogP) is 2.02. The van der Waals surface area contributed by atoms with Gasteiger partial charge in [-0.05, 0) is 56.1 Å². The second kappa shape index (κ2) is 12.5. The molecule has 0 aliphatic rings. The second-order valence-electron chi connectivity index (χ2n) is 7.38. The number of aromatic nitrogens is 1. The summed E-state index contributed by atoms with van der Waals surface area (Å²) in [6.45, 7) is -1.12. The molecular formula is C18H20Br2N4O10S2. The highest BCUT2D eigenvalue weighted by Crippen LogP contribution is 2.30. The maximum Gasteiger partial charge on any atom is 0.338 e. The summed E-state index contributed by atoms with van der Waals surface area (Å²) in [7, 11) is -9.17. The first-order chi connectivity index (χ1) is 16.5. The van der Waals surface area contributed by atoms with E-state index in [0.29, 0.717) is 8.95 Å². The molecule has 0 bridgehead atoms. The average molecular weight is 676 g/mol. The summed E-state index contributed by atoms with van der Waals surface area (Å²) in [5.41, 5.74) is -0.444. The van der Waals surface area contributed by atoms with Crippen LogP contribution in [-0.4, -0.2) is 89.0 Å². The first-order valence-electron chi connectivity index (χ1n) is 9.65. The maximum atomic E-state index is 11.9. The number of carboxylic acid groups (broad SMARTS) is 1. The van der Waals surface area contributed by atoms with Crippen molar-refractivity contribution < 1.29 is 46.1 Å². The normalized spacial score (nSPS) is 14.1. The van der Waals surface area contributed by atoms with Crippen LogP contribution < -0.4 is 4.90 Å². The number of anilines is 1. The fraction of sp³-hybridized carbons (Fsp3) is 0.333. The predicted molar refractivity (Wildman–Crippen MR) is 134 cm³/mol. The van der Waals surface area contributed by atoms with Crippen molar-refractivity contribution in [3.63, 3.8) is 0 Å². The van der Waals surface area contributed by atoms with Crippen molar-refractivity contribution in [1.82, 2.24) is 4.98 Å². The van der Waals surface area contributed by atoms with Crippen molar-refractivity contribution in [2.45, 2.75) is 12.2 Å². The summed E-state index contributed by atoms with van der Waals surface area (Å²) < 4.78 is 63.4. The molecule has 1 aromatic carbocycles. The van der Waals surface area contributed by atoms with E-state index in [-0.39, 0.29) is 22.8 Å². The molecule has 0 radical (unpaired) electrons. The minimum atomic E-state index is -4.59. The monoisotopic (exact) mass is 674 g/mol. The molecule has 0 aliphatic heterocycles. The van der Waals surface area contributed by atoms with E-state index in [4.69, 9.17) is 9.11 Å². The molecule has 0 spiro atoms. The first kappa shape index (κ1) is 30.2. The summed E-state index contributed by atoms with van der Waals surface area (Å²) >= 11 is 6.48. The highest BCUT2D eigenvalue weighted by atomic mass is 79.9. The highest BCUT2D eigenvalue weighted by molar-refractivity contribution is 9.11. The lowest BCUT2D eigenvalue weighted by Crippen LogP contribution is -2.42. The number of aliphatic hydroxyl groups excluding tert-OH is 2. The molecule has 14 nitrogen and oxygen atoms in total. The summed E-state index contributed by atoms with van der Waals surface area (Å²) in [6, 6.07) is 5.29. The Morgan fingerprint density at radius 2 is 1.53 bits per heavy atom. The Bertz CT molecular complexity index is 1310. The number of carbonyl (C=O) groups is 1. The topological polar surface area (TPSA) is 227 Å². The van der Waals surface area contributed by atoms with Crippen molar-refractivity contribution in [2.24, 2.45) is 10.2 Å². The van der Waals surface area contributed by atoms with Crippen LogP contribution in [0, 0.1) is 0 Å². The molecule has 18 heteroatoms. The van der Waals surface area contributed by atoms with Crippen LogP contribution in [-0.2, 0) is 20.2 Å². The molecule has 1 aromatic heterocycles. The van der Waals surface area contributed by atoms with Gasteiger partial charge >= 0.3 is 5.97 Å². The number of azo groups is 1. The summed E-state index contributed by atoms with van der Waals surface area (Å²) in [4.78, 5) is 17.0. The number of benzene rings is 1. The molecule has 0 saturated carbocycles. The van der Waals surface area contributed by atoms with Crippen LogP contribution in [0.4, 0.5) is 17.2 Å². The molecule has 0 saturated heterocycles. The van der Waals surface area contributed by atoms with Crippen LogP contribution in [0.15, 0.2) is 49.6 Å². The Morgan fingerprint density at radius 1 is 0.972 bits per heavy atom. The van der Waals surface area contributed by atoms with Gasteiger partial charge in [0.1, 0.15) is 17.2 Å². The number of aliphatic hydroxyl groups is 2. The third-order valence-corrected chi connectivity index (χ3v) is 6.91. The molecule has 198 valence electrons. The number of aromatic carboxylic acids is 1. The Balaban J connectivity index is 2.43. The first-order valence-corrected chi connectivity index (χ1v) is 14.5. The maximum absolute atomic E-state index is 11.9. The van der Waals surface area contributed by atoms with Crippen LogP contribution in [0.3, 0.4) is 0 Å². The molecule has 0 fully saturated rings. The van der Waals surface area contributed by atoms with Crippen LogP contribution >= 0.6 is 31.9 Å². The number of pyridine rings is 1. The summed E-state index contributed by atoms with van der Waals surface area (Å²) in [5, 5.41) is 37.6. The van der Waals surface area contributed by atoms with Gasteiger partial charge in [-0.1, -0.05) is 0 Å². The SMILES string of the molecule is O=C(O)c1cc(N(CC(O)CS(=O)(=O)O)CC(O)CS(=O)(=O)O)ccc1N=Nc1ncc(Br)cc1Br. The van der Waals surface area contributed by atoms with E-state index in [2.05, 4.69) is 47.1 Å². The quantitative estimate of drug-likeness (QED) is 0.161. The molecule has 0 amide bonds. The van der Waals surface area contributed by atoms with Gasteiger partial charge in [-0.3, -0.25) is 9.11 Å². The van der Waals surface area contributed by atoms with Crippen LogP contribution in [0.25, 0.3) is 0 Å². The lowest BCUT2D eigenvalue weighted by atomic mass is 10.1. The number of nitrogens with zero attached hydrogens (tertiary/aromatic N) is 4. The largest absolute Gasteiger partial charge is 0.478 e. The number of rotatable bonds is 12. The van der Waals surface area contributed by atoms with E-state index in [1.54, 1.807) is 6.07 Å². The molecule has 5 N–H and O–H groups in total. The van der Waals surface area contributed by atoms with Gasteiger partial charge < -0.3 is 20.2 Å². The Labute approximate surface area is 222 Å². The molecular weight excluding hydrogens is 656 g/mol. The van der Waals surface area contributed by atoms with Gasteiger partial charge in [0.25, 0.3) is 20.2 Å². The zero-order chi connectivity index (χ0) is 27.3. The van der Waals surface area contributed by atoms with E-state index in [1.165, 1.54) is 18.3 Å². The van der Waals surface area contributed by atoms with E-state index in [9.17, 15) is 36.9 Å². The summed E-state index contributed by atoms with van der Waals surface area (Å²) in [6.07, 6.45) is -1.95. The number of carboxylic acids is 1. The Hall–Kier alpha value is -2.06. The van der Waals surface area contributed by atoms with Crippen molar-refractivity contribution in [2.75, 3.05) is 29.5 Å². The molecule has 2 atom stereocenters. The van der Waals surface area contributed by atoms with E-state index < -0.39 is 63.0 Å². The molecule has 2 aromatic rings. The molecule has 2 rings (SSSR count). The van der Waals surface area contributed by atoms with Crippen molar-refractivity contribution in [3.8, 4) is 0 Å². The van der Waals surface area contributed by atoms with Crippen molar-refractivity contribution in [1.29, 1.82) is 0 Å². The minimum absolute atomic E-state index is 0.0260. The molecule has 0 aliphatic carbocycles. The Kier molecular flexibility index (Phi) is 10.4. The zero-order valence-electron chi connectivity index (χ0n) is 18.0. The Morgan fingerprint density at radius 3 is 2.00 bits per heavy atom. The van der Waals surface area contributed by atoms with E-state index in [1.807, 2.05) is 0 Å². The van der Waals surface area contributed by atoms with Crippen molar-refractivity contribution >= 4 is 75.3 Å². The number of hydrogen-bond acceptors (Lipinski definition) is 11. The molecule has 2 unspecified atom stereocenters. The van der Waals surface area contributed by atoms with Gasteiger partial charge in [0.05, 0.1) is 22.2 Å². The number of halogens is 2. The summed E-state index contributed by atoms with van der Waals surface area (Å²) in [5.74, 6) is -3.43. The lowest BCUT2D eigenvalue weighted by molar-refractivity contribution is 0.0697. The van der Waals surface area contributed by atoms with Crippen molar-refractivity contribution in [3.05, 3.63) is 45.0 Å².